The van der Waals surface area contributed by atoms with Crippen LogP contribution in [0, 0.1) is 17.8 Å². The van der Waals surface area contributed by atoms with Crippen LogP contribution >= 0.6 is 11.8 Å². The fourth-order valence-corrected chi connectivity index (χ4v) is 8.86. The SMILES string of the molecule is O=C(NC(c1ccccc1)[C@H]1[C@H]2C[C@@H]3C[C@](Sc4ccccc4)(C2)C[C@@]1(OC(=O)C(F)(F)F)C3)C(F)(F)F. The summed E-state index contributed by atoms with van der Waals surface area (Å²) in [6.45, 7) is 0. The summed E-state index contributed by atoms with van der Waals surface area (Å²) in [5, 5.41) is 2.06. The maximum Gasteiger partial charge on any atom is 0.490 e. The van der Waals surface area contributed by atoms with Crippen molar-refractivity contribution < 1.29 is 40.7 Å². The third kappa shape index (κ3) is 5.13. The quantitative estimate of drug-likeness (QED) is 0.320. The molecule has 1 N–H and O–H groups in total. The Labute approximate surface area is 219 Å². The first-order valence-electron chi connectivity index (χ1n) is 12.3. The van der Waals surface area contributed by atoms with E-state index in [0.717, 1.165) is 4.90 Å². The van der Waals surface area contributed by atoms with Crippen LogP contribution in [-0.4, -0.2) is 34.6 Å². The van der Waals surface area contributed by atoms with Gasteiger partial charge in [0.1, 0.15) is 5.60 Å². The van der Waals surface area contributed by atoms with Gasteiger partial charge in [-0.3, -0.25) is 4.79 Å². The van der Waals surface area contributed by atoms with E-state index in [1.807, 2.05) is 30.3 Å². The van der Waals surface area contributed by atoms with Crippen LogP contribution in [0.1, 0.15) is 43.7 Å². The summed E-state index contributed by atoms with van der Waals surface area (Å²) in [5.74, 6) is -5.95. The number of amides is 1. The minimum atomic E-state index is -5.27. The molecule has 0 aliphatic heterocycles. The summed E-state index contributed by atoms with van der Waals surface area (Å²) >= 11 is 1.52. The Balaban J connectivity index is 1.59. The molecule has 204 valence electrons. The highest BCUT2D eigenvalue weighted by atomic mass is 32.2. The first kappa shape index (κ1) is 26.9. The molecule has 38 heavy (non-hydrogen) atoms. The lowest BCUT2D eigenvalue weighted by molar-refractivity contribution is -0.244. The summed E-state index contributed by atoms with van der Waals surface area (Å²) in [7, 11) is 0. The zero-order valence-corrected chi connectivity index (χ0v) is 20.8. The molecule has 4 saturated carbocycles. The topological polar surface area (TPSA) is 55.4 Å². The van der Waals surface area contributed by atoms with Crippen molar-refractivity contribution in [2.45, 2.75) is 65.7 Å². The molecule has 4 aliphatic carbocycles. The second-order valence-electron chi connectivity index (χ2n) is 10.6. The van der Waals surface area contributed by atoms with E-state index in [1.165, 1.54) is 23.9 Å². The standard InChI is InChI=1S/C27H25F6NO3S/c28-26(29,30)22(35)34-21(17-7-3-1-4-8-17)20-18-11-16-12-24(14-18,38-19-9-5-2-6-10-19)15-25(20,13-16)37-23(36)27(31,32)33/h1-10,16,18,20-21H,11-15H2,(H,34,35)/t16-,18+,20-,21?,24+,25+/m1/s1. The molecule has 4 fully saturated rings. The number of nitrogens with one attached hydrogen (secondary N) is 1. The third-order valence-electron chi connectivity index (χ3n) is 7.97. The number of alkyl halides is 6. The molecule has 0 radical (unpaired) electrons. The molecule has 0 spiro atoms. The van der Waals surface area contributed by atoms with Gasteiger partial charge in [-0.15, -0.1) is 11.8 Å². The van der Waals surface area contributed by atoms with Crippen molar-refractivity contribution in [3.05, 3.63) is 66.2 Å². The molecule has 6 rings (SSSR count). The summed E-state index contributed by atoms with van der Waals surface area (Å²) in [6.07, 6.45) is -8.54. The number of benzene rings is 2. The molecule has 2 aromatic carbocycles. The molecule has 2 aromatic rings. The number of hydrogen-bond acceptors (Lipinski definition) is 4. The van der Waals surface area contributed by atoms with Gasteiger partial charge in [-0.25, -0.2) is 4.79 Å². The minimum absolute atomic E-state index is 0.0459. The van der Waals surface area contributed by atoms with Gasteiger partial charge >= 0.3 is 24.2 Å². The Morgan fingerprint density at radius 3 is 2.13 bits per heavy atom. The Hall–Kier alpha value is -2.69. The van der Waals surface area contributed by atoms with Crippen LogP contribution in [0.3, 0.4) is 0 Å². The van der Waals surface area contributed by atoms with Crippen LogP contribution in [0.15, 0.2) is 65.6 Å². The van der Waals surface area contributed by atoms with E-state index >= 15 is 0 Å². The van der Waals surface area contributed by atoms with E-state index < -0.39 is 46.5 Å². The second-order valence-corrected chi connectivity index (χ2v) is 12.1. The number of hydrogen-bond donors (Lipinski definition) is 1. The molecule has 4 nitrogen and oxygen atoms in total. The summed E-state index contributed by atoms with van der Waals surface area (Å²) in [6, 6.07) is 15.9. The summed E-state index contributed by atoms with van der Waals surface area (Å²) < 4.78 is 85.4. The number of ether oxygens (including phenoxy) is 1. The highest BCUT2D eigenvalue weighted by molar-refractivity contribution is 8.00. The molecule has 1 unspecified atom stereocenters. The van der Waals surface area contributed by atoms with Crippen molar-refractivity contribution in [3.63, 3.8) is 0 Å². The normalized spacial score (nSPS) is 31.1. The maximum atomic E-state index is 13.5. The zero-order valence-electron chi connectivity index (χ0n) is 20.0. The monoisotopic (exact) mass is 557 g/mol. The van der Waals surface area contributed by atoms with Crippen molar-refractivity contribution in [3.8, 4) is 0 Å². The van der Waals surface area contributed by atoms with Gasteiger partial charge in [-0.1, -0.05) is 48.5 Å². The minimum Gasteiger partial charge on any atom is -0.452 e. The molecule has 4 aliphatic rings. The van der Waals surface area contributed by atoms with Crippen molar-refractivity contribution >= 4 is 23.6 Å². The third-order valence-corrected chi connectivity index (χ3v) is 9.39. The van der Waals surface area contributed by atoms with E-state index in [1.54, 1.807) is 18.2 Å². The van der Waals surface area contributed by atoms with Crippen LogP contribution < -0.4 is 5.32 Å². The average molecular weight is 558 g/mol. The fourth-order valence-electron chi connectivity index (χ4n) is 7.13. The van der Waals surface area contributed by atoms with E-state index in [2.05, 4.69) is 5.32 Å². The van der Waals surface area contributed by atoms with Crippen molar-refractivity contribution in [1.82, 2.24) is 5.32 Å². The van der Waals surface area contributed by atoms with Gasteiger partial charge in [0.05, 0.1) is 6.04 Å². The highest BCUT2D eigenvalue weighted by Crippen LogP contribution is 2.68. The second kappa shape index (κ2) is 9.50. The smallest absolute Gasteiger partial charge is 0.452 e. The first-order valence-corrected chi connectivity index (χ1v) is 13.1. The van der Waals surface area contributed by atoms with Crippen LogP contribution in [0.4, 0.5) is 26.3 Å². The van der Waals surface area contributed by atoms with E-state index in [0.29, 0.717) is 24.8 Å². The highest BCUT2D eigenvalue weighted by Gasteiger charge is 2.67. The summed E-state index contributed by atoms with van der Waals surface area (Å²) in [4.78, 5) is 25.3. The van der Waals surface area contributed by atoms with Crippen molar-refractivity contribution in [2.24, 2.45) is 17.8 Å². The lowest BCUT2D eigenvalue weighted by Gasteiger charge is -2.65. The van der Waals surface area contributed by atoms with Crippen LogP contribution in [0.25, 0.3) is 0 Å². The Bertz CT molecular complexity index is 1190. The molecule has 4 bridgehead atoms. The van der Waals surface area contributed by atoms with Crippen LogP contribution in [0.2, 0.25) is 0 Å². The van der Waals surface area contributed by atoms with Gasteiger partial charge in [-0.2, -0.15) is 26.3 Å². The number of halogens is 6. The van der Waals surface area contributed by atoms with Crippen LogP contribution in [-0.2, 0) is 14.3 Å². The lowest BCUT2D eigenvalue weighted by Crippen LogP contribution is -2.67. The van der Waals surface area contributed by atoms with E-state index in [4.69, 9.17) is 4.74 Å². The zero-order chi connectivity index (χ0) is 27.3. The van der Waals surface area contributed by atoms with Crippen LogP contribution in [0.5, 0.6) is 0 Å². The first-order chi connectivity index (χ1) is 17.8. The molecule has 0 saturated heterocycles. The Kier molecular flexibility index (Phi) is 6.72. The van der Waals surface area contributed by atoms with E-state index in [-0.39, 0.29) is 24.7 Å². The Morgan fingerprint density at radius 2 is 1.53 bits per heavy atom. The average Bonchev–Trinajstić information content (AvgIpc) is 2.82. The van der Waals surface area contributed by atoms with Gasteiger partial charge in [0.15, 0.2) is 0 Å². The molecule has 0 aromatic heterocycles. The lowest BCUT2D eigenvalue weighted by atomic mass is 9.47. The maximum absolute atomic E-state index is 13.5. The number of esters is 1. The predicted molar refractivity (Wildman–Crippen MR) is 127 cm³/mol. The molecule has 0 heterocycles. The Morgan fingerprint density at radius 1 is 0.895 bits per heavy atom. The van der Waals surface area contributed by atoms with Gasteiger partial charge in [0.25, 0.3) is 0 Å². The largest absolute Gasteiger partial charge is 0.490 e. The van der Waals surface area contributed by atoms with Crippen molar-refractivity contribution in [1.29, 1.82) is 0 Å². The molecular formula is C27H25F6NO3S. The fraction of sp³-hybridized carbons (Fsp3) is 0.481. The number of carbonyl (C=O) groups is 2. The van der Waals surface area contributed by atoms with Gasteiger partial charge in [-0.05, 0) is 55.2 Å². The van der Waals surface area contributed by atoms with E-state index in [9.17, 15) is 35.9 Å². The number of rotatable bonds is 6. The number of thioether (sulfide) groups is 1. The molecule has 11 heteroatoms. The molecular weight excluding hydrogens is 532 g/mol. The molecule has 1 amide bonds. The van der Waals surface area contributed by atoms with Gasteiger partial charge in [0.2, 0.25) is 0 Å². The summed E-state index contributed by atoms with van der Waals surface area (Å²) in [5.41, 5.74) is -1.38. The van der Waals surface area contributed by atoms with Gasteiger partial charge in [0, 0.05) is 22.0 Å². The predicted octanol–water partition coefficient (Wildman–Crippen LogP) is 6.62. The number of carbonyl (C=O) groups excluding carboxylic acids is 2. The van der Waals surface area contributed by atoms with Gasteiger partial charge < -0.3 is 10.1 Å². The van der Waals surface area contributed by atoms with Crippen molar-refractivity contribution in [2.75, 3.05) is 0 Å². The molecule has 6 atom stereocenters.